The Morgan fingerprint density at radius 1 is 0.789 bits per heavy atom. The monoisotopic (exact) mass is 250 g/mol. The van der Waals surface area contributed by atoms with Crippen LogP contribution in [0.3, 0.4) is 0 Å². The summed E-state index contributed by atoms with van der Waals surface area (Å²) in [7, 11) is 0. The van der Waals surface area contributed by atoms with Gasteiger partial charge in [-0.25, -0.2) is 4.39 Å². The molecule has 19 heavy (non-hydrogen) atoms. The fourth-order valence-corrected chi connectivity index (χ4v) is 3.31. The highest BCUT2D eigenvalue weighted by atomic mass is 19.1. The van der Waals surface area contributed by atoms with Crippen LogP contribution in [0, 0.1) is 5.82 Å². The first-order valence-corrected chi connectivity index (χ1v) is 6.96. The zero-order chi connectivity index (χ0) is 12.8. The molecule has 4 rings (SSSR count). The molecule has 1 heteroatoms. The molecular formula is C18H15F. The second kappa shape index (κ2) is 4.06. The molecule has 0 aromatic heterocycles. The van der Waals surface area contributed by atoms with E-state index in [1.807, 2.05) is 12.1 Å². The van der Waals surface area contributed by atoms with Crippen LogP contribution in [-0.4, -0.2) is 0 Å². The lowest BCUT2D eigenvalue weighted by Gasteiger charge is -2.18. The summed E-state index contributed by atoms with van der Waals surface area (Å²) in [4.78, 5) is 0. The molecule has 0 N–H and O–H groups in total. The van der Waals surface area contributed by atoms with Crippen molar-refractivity contribution in [2.45, 2.75) is 25.7 Å². The number of halogens is 1. The van der Waals surface area contributed by atoms with Crippen molar-refractivity contribution in [1.82, 2.24) is 0 Å². The summed E-state index contributed by atoms with van der Waals surface area (Å²) in [5, 5.41) is 4.21. The van der Waals surface area contributed by atoms with E-state index in [0.29, 0.717) is 0 Å². The van der Waals surface area contributed by atoms with Crippen molar-refractivity contribution in [3.63, 3.8) is 0 Å². The smallest absolute Gasteiger partial charge is 0.131 e. The van der Waals surface area contributed by atoms with Gasteiger partial charge in [0, 0.05) is 5.39 Å². The second-order valence-electron chi connectivity index (χ2n) is 5.44. The van der Waals surface area contributed by atoms with E-state index >= 15 is 0 Å². The van der Waals surface area contributed by atoms with Crippen LogP contribution in [0.5, 0.6) is 0 Å². The van der Waals surface area contributed by atoms with E-state index in [9.17, 15) is 4.39 Å². The normalized spacial score (nSPS) is 14.8. The van der Waals surface area contributed by atoms with Crippen molar-refractivity contribution in [2.75, 3.05) is 0 Å². The van der Waals surface area contributed by atoms with E-state index in [1.54, 1.807) is 6.07 Å². The van der Waals surface area contributed by atoms with Gasteiger partial charge in [0.1, 0.15) is 5.82 Å². The summed E-state index contributed by atoms with van der Waals surface area (Å²) in [5.41, 5.74) is 2.96. The topological polar surface area (TPSA) is 0 Å². The third-order valence-corrected chi connectivity index (χ3v) is 4.30. The lowest BCUT2D eigenvalue weighted by Crippen LogP contribution is -2.03. The molecule has 0 atom stereocenters. The molecular weight excluding hydrogens is 235 g/mol. The lowest BCUT2D eigenvalue weighted by atomic mass is 9.87. The Labute approximate surface area is 111 Å². The van der Waals surface area contributed by atoms with E-state index in [4.69, 9.17) is 0 Å². The Bertz CT molecular complexity index is 786. The van der Waals surface area contributed by atoms with Gasteiger partial charge in [-0.2, -0.15) is 0 Å². The maximum atomic E-state index is 13.9. The van der Waals surface area contributed by atoms with Crippen molar-refractivity contribution in [3.05, 3.63) is 59.4 Å². The van der Waals surface area contributed by atoms with Crippen molar-refractivity contribution < 1.29 is 4.39 Å². The van der Waals surface area contributed by atoms with E-state index in [0.717, 1.165) is 17.2 Å². The Kier molecular flexibility index (Phi) is 2.34. The summed E-state index contributed by atoms with van der Waals surface area (Å²) >= 11 is 0. The summed E-state index contributed by atoms with van der Waals surface area (Å²) in [5.74, 6) is -0.128. The van der Waals surface area contributed by atoms with Crippen LogP contribution in [0.2, 0.25) is 0 Å². The SMILES string of the molecule is Fc1cccc2cc3c4c(ccc3cc12)CCCC4. The number of hydrogen-bond acceptors (Lipinski definition) is 0. The first-order valence-electron chi connectivity index (χ1n) is 6.96. The van der Waals surface area contributed by atoms with Crippen molar-refractivity contribution >= 4 is 21.5 Å². The van der Waals surface area contributed by atoms with Crippen LogP contribution in [0.4, 0.5) is 4.39 Å². The first-order chi connectivity index (χ1) is 9.33. The van der Waals surface area contributed by atoms with Gasteiger partial charge in [-0.05, 0) is 71.2 Å². The van der Waals surface area contributed by atoms with Crippen LogP contribution >= 0.6 is 0 Å². The van der Waals surface area contributed by atoms with Gasteiger partial charge < -0.3 is 0 Å². The molecule has 0 fully saturated rings. The van der Waals surface area contributed by atoms with Gasteiger partial charge in [-0.3, -0.25) is 0 Å². The van der Waals surface area contributed by atoms with Crippen molar-refractivity contribution in [2.24, 2.45) is 0 Å². The average molecular weight is 250 g/mol. The van der Waals surface area contributed by atoms with Gasteiger partial charge in [0.05, 0.1) is 0 Å². The molecule has 0 nitrogen and oxygen atoms in total. The zero-order valence-electron chi connectivity index (χ0n) is 10.7. The molecule has 1 aliphatic rings. The Morgan fingerprint density at radius 2 is 1.58 bits per heavy atom. The predicted molar refractivity (Wildman–Crippen MR) is 78.1 cm³/mol. The minimum Gasteiger partial charge on any atom is -0.206 e. The van der Waals surface area contributed by atoms with Crippen LogP contribution in [-0.2, 0) is 12.8 Å². The Balaban J connectivity index is 2.12. The third-order valence-electron chi connectivity index (χ3n) is 4.30. The molecule has 0 heterocycles. The molecule has 0 radical (unpaired) electrons. The minimum absolute atomic E-state index is 0.128. The number of aryl methyl sites for hydroxylation is 2. The van der Waals surface area contributed by atoms with Gasteiger partial charge in [0.2, 0.25) is 0 Å². The van der Waals surface area contributed by atoms with Gasteiger partial charge in [0.25, 0.3) is 0 Å². The summed E-state index contributed by atoms with van der Waals surface area (Å²) in [6, 6.07) is 13.9. The quantitative estimate of drug-likeness (QED) is 0.492. The summed E-state index contributed by atoms with van der Waals surface area (Å²) < 4.78 is 13.9. The molecule has 3 aromatic carbocycles. The fourth-order valence-electron chi connectivity index (χ4n) is 3.31. The van der Waals surface area contributed by atoms with Crippen molar-refractivity contribution in [3.8, 4) is 0 Å². The van der Waals surface area contributed by atoms with E-state index in [1.165, 1.54) is 47.2 Å². The molecule has 3 aromatic rings. The molecule has 0 amide bonds. The highest BCUT2D eigenvalue weighted by Gasteiger charge is 2.13. The van der Waals surface area contributed by atoms with E-state index in [2.05, 4.69) is 18.2 Å². The fraction of sp³-hybridized carbons (Fsp3) is 0.222. The summed E-state index contributed by atoms with van der Waals surface area (Å²) in [6.07, 6.45) is 4.91. The molecule has 0 saturated carbocycles. The maximum absolute atomic E-state index is 13.9. The Hall–Kier alpha value is -1.89. The maximum Gasteiger partial charge on any atom is 0.131 e. The third kappa shape index (κ3) is 1.65. The first kappa shape index (κ1) is 11.0. The van der Waals surface area contributed by atoms with E-state index < -0.39 is 0 Å². The van der Waals surface area contributed by atoms with Gasteiger partial charge in [0.15, 0.2) is 0 Å². The number of benzene rings is 3. The molecule has 1 aliphatic carbocycles. The molecule has 94 valence electrons. The minimum atomic E-state index is -0.128. The second-order valence-corrected chi connectivity index (χ2v) is 5.44. The highest BCUT2D eigenvalue weighted by Crippen LogP contribution is 2.32. The van der Waals surface area contributed by atoms with Crippen LogP contribution in [0.25, 0.3) is 21.5 Å². The van der Waals surface area contributed by atoms with E-state index in [-0.39, 0.29) is 5.82 Å². The van der Waals surface area contributed by atoms with Crippen molar-refractivity contribution in [1.29, 1.82) is 0 Å². The molecule has 0 aliphatic heterocycles. The summed E-state index contributed by atoms with van der Waals surface area (Å²) in [6.45, 7) is 0. The standard InChI is InChI=1S/C18H15F/c19-18-7-3-5-13-10-16-14(11-17(13)18)9-8-12-4-1-2-6-15(12)16/h3,5,7-11H,1-2,4,6H2. The molecule has 0 bridgehead atoms. The largest absolute Gasteiger partial charge is 0.206 e. The van der Waals surface area contributed by atoms with Gasteiger partial charge in [-0.1, -0.05) is 24.3 Å². The Morgan fingerprint density at radius 3 is 2.53 bits per heavy atom. The van der Waals surface area contributed by atoms with Crippen LogP contribution in [0.1, 0.15) is 24.0 Å². The number of hydrogen-bond donors (Lipinski definition) is 0. The lowest BCUT2D eigenvalue weighted by molar-refractivity contribution is 0.640. The van der Waals surface area contributed by atoms with Crippen LogP contribution < -0.4 is 0 Å². The van der Waals surface area contributed by atoms with Gasteiger partial charge in [-0.15, -0.1) is 0 Å². The van der Waals surface area contributed by atoms with Gasteiger partial charge >= 0.3 is 0 Å². The zero-order valence-corrected chi connectivity index (χ0v) is 10.7. The number of fused-ring (bicyclic) bond motifs is 4. The highest BCUT2D eigenvalue weighted by molar-refractivity contribution is 6.00. The molecule has 0 saturated heterocycles. The predicted octanol–water partition coefficient (Wildman–Crippen LogP) is 5.01. The number of rotatable bonds is 0. The molecule has 0 unspecified atom stereocenters. The average Bonchev–Trinajstić information content (AvgIpc) is 2.46. The molecule has 0 spiro atoms. The van der Waals surface area contributed by atoms with Crippen LogP contribution in [0.15, 0.2) is 42.5 Å².